The van der Waals surface area contributed by atoms with Crippen LogP contribution in [0.4, 0.5) is 11.4 Å². The fourth-order valence-electron chi connectivity index (χ4n) is 5.09. The molecular formula is C34H26N2OS2. The summed E-state index contributed by atoms with van der Waals surface area (Å²) in [5, 5.41) is 9.02. The summed E-state index contributed by atoms with van der Waals surface area (Å²) >= 11 is 3.33. The molecule has 0 atom stereocenters. The summed E-state index contributed by atoms with van der Waals surface area (Å²) in [6.07, 6.45) is 6.88. The van der Waals surface area contributed by atoms with Gasteiger partial charge in [-0.05, 0) is 59.5 Å². The Morgan fingerprint density at radius 1 is 0.897 bits per heavy atom. The number of aldehydes is 1. The van der Waals surface area contributed by atoms with E-state index < -0.39 is 0 Å². The summed E-state index contributed by atoms with van der Waals surface area (Å²) in [7, 11) is 0. The lowest BCUT2D eigenvalue weighted by Gasteiger charge is -2.35. The van der Waals surface area contributed by atoms with Gasteiger partial charge in [0.05, 0.1) is 5.57 Å². The van der Waals surface area contributed by atoms with Gasteiger partial charge < -0.3 is 4.90 Å². The molecule has 1 aliphatic rings. The van der Waals surface area contributed by atoms with E-state index in [0.29, 0.717) is 6.29 Å². The normalized spacial score (nSPS) is 12.7. The molecule has 0 saturated carbocycles. The van der Waals surface area contributed by atoms with E-state index in [-0.39, 0.29) is 5.57 Å². The molecule has 0 fully saturated rings. The number of rotatable bonds is 7. The maximum atomic E-state index is 11.0. The summed E-state index contributed by atoms with van der Waals surface area (Å²) in [5.41, 5.74) is 8.85. The third kappa shape index (κ3) is 4.85. The van der Waals surface area contributed by atoms with Gasteiger partial charge in [-0.2, -0.15) is 5.26 Å². The first-order valence-electron chi connectivity index (χ1n) is 13.1. The van der Waals surface area contributed by atoms with Gasteiger partial charge in [0.2, 0.25) is 0 Å². The minimum Gasteiger partial charge on any atom is -0.340 e. The zero-order valence-electron chi connectivity index (χ0n) is 21.6. The monoisotopic (exact) mass is 542 g/mol. The molecule has 2 aromatic heterocycles. The fourth-order valence-corrected chi connectivity index (χ4v) is 7.45. The van der Waals surface area contributed by atoms with E-state index in [2.05, 4.69) is 103 Å². The molecule has 39 heavy (non-hydrogen) atoms. The molecular weight excluding hydrogens is 517 g/mol. The number of carbonyl (C=O) groups excluding carboxylic acids is 1. The Balaban J connectivity index is 1.33. The third-order valence-corrected chi connectivity index (χ3v) is 9.28. The number of hydrogen-bond donors (Lipinski definition) is 0. The van der Waals surface area contributed by atoms with Crippen molar-refractivity contribution in [2.75, 3.05) is 11.4 Å². The summed E-state index contributed by atoms with van der Waals surface area (Å²) in [6.45, 7) is 3.26. The predicted molar refractivity (Wildman–Crippen MR) is 167 cm³/mol. The fraction of sp³-hybridized carbons (Fsp3) is 0.118. The average Bonchev–Trinajstić information content (AvgIpc) is 3.55. The van der Waals surface area contributed by atoms with Crippen molar-refractivity contribution >= 4 is 67.5 Å². The van der Waals surface area contributed by atoms with Crippen molar-refractivity contribution in [1.82, 2.24) is 0 Å². The number of thiophene rings is 2. The minimum absolute atomic E-state index is 0.144. The molecule has 0 saturated heterocycles. The number of anilines is 2. The standard InChI is InChI=1S/C34H26N2OS2/c1-2-3-16-36-30-10-6-4-8-27(30)29(28-9-5-7-11-31(28)36)18-23-12-14-25(15-13-23)32-20-34-33(39-32)19-26(38-34)17-24(21-35)22-37/h4-15,17-20,22H,2-3,16H2,1H3/b24-17-. The van der Waals surface area contributed by atoms with Gasteiger partial charge in [0.1, 0.15) is 6.07 Å². The van der Waals surface area contributed by atoms with Crippen molar-refractivity contribution < 1.29 is 4.79 Å². The molecule has 190 valence electrons. The van der Waals surface area contributed by atoms with E-state index in [1.165, 1.54) is 59.9 Å². The van der Waals surface area contributed by atoms with E-state index in [1.54, 1.807) is 28.7 Å². The average molecular weight is 543 g/mol. The molecule has 0 unspecified atom stereocenters. The number of benzene rings is 3. The highest BCUT2D eigenvalue weighted by Crippen LogP contribution is 2.46. The molecule has 6 rings (SSSR count). The SMILES string of the molecule is CCCCN1c2ccccc2C(=Cc2ccc(-c3cc4sc(/C=C(/C#N)C=O)cc4s3)cc2)c2ccccc21. The minimum atomic E-state index is 0.144. The van der Waals surface area contributed by atoms with Crippen LogP contribution in [0.2, 0.25) is 0 Å². The molecule has 0 amide bonds. The van der Waals surface area contributed by atoms with Gasteiger partial charge in [0, 0.05) is 48.2 Å². The maximum Gasteiger partial charge on any atom is 0.160 e. The van der Waals surface area contributed by atoms with Crippen molar-refractivity contribution in [3.05, 3.63) is 112 Å². The number of nitriles is 1. The Labute approximate surface area is 236 Å². The second-order valence-corrected chi connectivity index (χ2v) is 11.7. The highest BCUT2D eigenvalue weighted by Gasteiger charge is 2.25. The molecule has 3 heterocycles. The number of para-hydroxylation sites is 2. The first-order chi connectivity index (χ1) is 19.2. The number of allylic oxidation sites excluding steroid dienone is 1. The molecule has 5 aromatic rings. The van der Waals surface area contributed by atoms with Gasteiger partial charge in [-0.1, -0.05) is 74.0 Å². The molecule has 5 heteroatoms. The first-order valence-corrected chi connectivity index (χ1v) is 14.7. The van der Waals surface area contributed by atoms with Crippen molar-refractivity contribution in [2.24, 2.45) is 0 Å². The van der Waals surface area contributed by atoms with Gasteiger partial charge in [0.15, 0.2) is 6.29 Å². The Morgan fingerprint density at radius 3 is 2.18 bits per heavy atom. The highest BCUT2D eigenvalue weighted by molar-refractivity contribution is 7.29. The molecule has 3 nitrogen and oxygen atoms in total. The lowest BCUT2D eigenvalue weighted by Crippen LogP contribution is -2.24. The Morgan fingerprint density at radius 2 is 1.56 bits per heavy atom. The van der Waals surface area contributed by atoms with Crippen molar-refractivity contribution in [1.29, 1.82) is 5.26 Å². The molecule has 0 N–H and O–H groups in total. The zero-order chi connectivity index (χ0) is 26.8. The Bertz CT molecular complexity index is 1700. The Hall–Kier alpha value is -4.24. The van der Waals surface area contributed by atoms with E-state index in [1.807, 2.05) is 6.07 Å². The second-order valence-electron chi connectivity index (χ2n) is 9.54. The van der Waals surface area contributed by atoms with Crippen LogP contribution in [0.5, 0.6) is 0 Å². The van der Waals surface area contributed by atoms with Gasteiger partial charge in [-0.15, -0.1) is 22.7 Å². The van der Waals surface area contributed by atoms with Crippen molar-refractivity contribution in [2.45, 2.75) is 19.8 Å². The number of nitrogens with zero attached hydrogens (tertiary/aromatic N) is 2. The third-order valence-electron chi connectivity index (χ3n) is 6.99. The van der Waals surface area contributed by atoms with Gasteiger partial charge in [0.25, 0.3) is 0 Å². The van der Waals surface area contributed by atoms with Crippen LogP contribution in [0.25, 0.3) is 37.6 Å². The van der Waals surface area contributed by atoms with E-state index >= 15 is 0 Å². The van der Waals surface area contributed by atoms with Crippen LogP contribution in [0.1, 0.15) is 41.3 Å². The lowest BCUT2D eigenvalue weighted by atomic mass is 9.88. The van der Waals surface area contributed by atoms with Gasteiger partial charge >= 0.3 is 0 Å². The molecule has 1 aliphatic heterocycles. The van der Waals surface area contributed by atoms with Crippen LogP contribution in [-0.4, -0.2) is 12.8 Å². The van der Waals surface area contributed by atoms with Crippen molar-refractivity contribution in [3.8, 4) is 16.5 Å². The van der Waals surface area contributed by atoms with Crippen LogP contribution in [0.15, 0.2) is 90.5 Å². The lowest BCUT2D eigenvalue weighted by molar-refractivity contribution is -0.104. The van der Waals surface area contributed by atoms with Crippen molar-refractivity contribution in [3.63, 3.8) is 0 Å². The molecule has 0 spiro atoms. The maximum absolute atomic E-state index is 11.0. The topological polar surface area (TPSA) is 44.1 Å². The summed E-state index contributed by atoms with van der Waals surface area (Å²) in [4.78, 5) is 15.6. The van der Waals surface area contributed by atoms with Crippen LogP contribution >= 0.6 is 22.7 Å². The number of carbonyl (C=O) groups is 1. The highest BCUT2D eigenvalue weighted by atomic mass is 32.1. The number of unbranched alkanes of at least 4 members (excludes halogenated alkanes) is 1. The van der Waals surface area contributed by atoms with Crippen LogP contribution in [0, 0.1) is 11.3 Å². The van der Waals surface area contributed by atoms with Gasteiger partial charge in [-0.25, -0.2) is 0 Å². The largest absolute Gasteiger partial charge is 0.340 e. The quantitative estimate of drug-likeness (QED) is 0.117. The van der Waals surface area contributed by atoms with Gasteiger partial charge in [-0.3, -0.25) is 4.79 Å². The second kappa shape index (κ2) is 10.9. The van der Waals surface area contributed by atoms with Crippen LogP contribution < -0.4 is 4.90 Å². The number of hydrogen-bond acceptors (Lipinski definition) is 5. The molecule has 3 aromatic carbocycles. The summed E-state index contributed by atoms with van der Waals surface area (Å²) in [5.74, 6) is 0. The predicted octanol–water partition coefficient (Wildman–Crippen LogP) is 9.58. The summed E-state index contributed by atoms with van der Waals surface area (Å²) in [6, 6.07) is 32.4. The molecule has 0 aliphatic carbocycles. The smallest absolute Gasteiger partial charge is 0.160 e. The van der Waals surface area contributed by atoms with E-state index in [9.17, 15) is 4.79 Å². The van der Waals surface area contributed by atoms with E-state index in [4.69, 9.17) is 5.26 Å². The van der Waals surface area contributed by atoms with Crippen LogP contribution in [-0.2, 0) is 4.79 Å². The van der Waals surface area contributed by atoms with E-state index in [0.717, 1.165) is 17.8 Å². The zero-order valence-corrected chi connectivity index (χ0v) is 23.2. The van der Waals surface area contributed by atoms with Crippen LogP contribution in [0.3, 0.4) is 0 Å². The Kier molecular flexibility index (Phi) is 6.98. The summed E-state index contributed by atoms with van der Waals surface area (Å²) < 4.78 is 2.33. The molecule has 0 radical (unpaired) electrons. The molecule has 0 bridgehead atoms. The first kappa shape index (κ1) is 25.1. The number of fused-ring (bicyclic) bond motifs is 3.